The zero-order valence-corrected chi connectivity index (χ0v) is 13.9. The van der Waals surface area contributed by atoms with Crippen LogP contribution in [0, 0.1) is 0 Å². The van der Waals surface area contributed by atoms with Gasteiger partial charge in [0.15, 0.2) is 6.29 Å². The molecule has 1 aromatic rings. The molecule has 7 nitrogen and oxygen atoms in total. The Morgan fingerprint density at radius 1 is 1.04 bits per heavy atom. The second-order valence-corrected chi connectivity index (χ2v) is 5.24. The van der Waals surface area contributed by atoms with Crippen LogP contribution in [0.1, 0.15) is 40.0 Å². The molecule has 1 saturated heterocycles. The molecule has 0 aromatic heterocycles. The summed E-state index contributed by atoms with van der Waals surface area (Å²) in [5.41, 5.74) is 0.430. The molecule has 2 rings (SSSR count). The van der Waals surface area contributed by atoms with E-state index in [1.807, 2.05) is 0 Å². The molecule has 1 unspecified atom stereocenters. The molecule has 0 amide bonds. The van der Waals surface area contributed by atoms with Crippen molar-refractivity contribution in [3.8, 4) is 5.75 Å². The maximum Gasteiger partial charge on any atom is 0.338 e. The van der Waals surface area contributed by atoms with Crippen LogP contribution in [0.2, 0.25) is 0 Å². The predicted molar refractivity (Wildman–Crippen MR) is 84.2 cm³/mol. The van der Waals surface area contributed by atoms with Crippen molar-refractivity contribution in [1.29, 1.82) is 0 Å². The normalized spacial score (nSPS) is 17.2. The van der Waals surface area contributed by atoms with Crippen molar-refractivity contribution in [1.82, 2.24) is 0 Å². The SMILES string of the molecule is COC(=O)c1cc(OCCOC2CCCCO2)cc(C(=O)OC)c1. The van der Waals surface area contributed by atoms with Crippen LogP contribution < -0.4 is 4.74 Å². The van der Waals surface area contributed by atoms with Crippen molar-refractivity contribution in [2.75, 3.05) is 34.0 Å². The van der Waals surface area contributed by atoms with E-state index in [4.69, 9.17) is 14.2 Å². The number of rotatable bonds is 7. The van der Waals surface area contributed by atoms with Crippen LogP contribution in [-0.4, -0.2) is 52.3 Å². The fraction of sp³-hybridized carbons (Fsp3) is 0.529. The van der Waals surface area contributed by atoms with Crippen molar-refractivity contribution in [2.24, 2.45) is 0 Å². The van der Waals surface area contributed by atoms with Crippen molar-refractivity contribution >= 4 is 11.9 Å². The highest BCUT2D eigenvalue weighted by atomic mass is 16.7. The number of carbonyl (C=O) groups excluding carboxylic acids is 2. The molecule has 1 fully saturated rings. The maximum atomic E-state index is 11.7. The van der Waals surface area contributed by atoms with E-state index in [0.717, 1.165) is 25.9 Å². The van der Waals surface area contributed by atoms with Gasteiger partial charge in [0, 0.05) is 6.61 Å². The van der Waals surface area contributed by atoms with Crippen molar-refractivity contribution in [3.05, 3.63) is 29.3 Å². The lowest BCUT2D eigenvalue weighted by Gasteiger charge is -2.22. The molecule has 0 spiro atoms. The Hall–Kier alpha value is -2.12. The first-order chi connectivity index (χ1) is 11.6. The van der Waals surface area contributed by atoms with Crippen LogP contribution in [0.5, 0.6) is 5.75 Å². The molecule has 1 aromatic carbocycles. The van der Waals surface area contributed by atoms with Gasteiger partial charge in [0.2, 0.25) is 0 Å². The molecule has 0 radical (unpaired) electrons. The smallest absolute Gasteiger partial charge is 0.338 e. The predicted octanol–water partition coefficient (Wildman–Crippen LogP) is 2.18. The molecule has 0 bridgehead atoms. The summed E-state index contributed by atoms with van der Waals surface area (Å²) in [4.78, 5) is 23.4. The summed E-state index contributed by atoms with van der Waals surface area (Å²) in [7, 11) is 2.54. The Morgan fingerprint density at radius 3 is 2.25 bits per heavy atom. The molecule has 7 heteroatoms. The molecular formula is C17H22O7. The monoisotopic (exact) mass is 338 g/mol. The van der Waals surface area contributed by atoms with Gasteiger partial charge in [-0.1, -0.05) is 0 Å². The van der Waals surface area contributed by atoms with Crippen molar-refractivity contribution < 1.29 is 33.3 Å². The summed E-state index contributed by atoms with van der Waals surface area (Å²) in [5.74, 6) is -0.749. The fourth-order valence-electron chi connectivity index (χ4n) is 2.34. The van der Waals surface area contributed by atoms with Gasteiger partial charge in [0.1, 0.15) is 12.4 Å². The Morgan fingerprint density at radius 2 is 1.71 bits per heavy atom. The van der Waals surface area contributed by atoms with Gasteiger partial charge in [-0.05, 0) is 37.5 Å². The molecule has 0 N–H and O–H groups in total. The number of benzene rings is 1. The Labute approximate surface area is 140 Å². The van der Waals surface area contributed by atoms with E-state index in [2.05, 4.69) is 9.47 Å². The topological polar surface area (TPSA) is 80.3 Å². The van der Waals surface area contributed by atoms with Crippen molar-refractivity contribution in [3.63, 3.8) is 0 Å². The average Bonchev–Trinajstić information content (AvgIpc) is 2.64. The first-order valence-corrected chi connectivity index (χ1v) is 7.81. The zero-order valence-electron chi connectivity index (χ0n) is 13.9. The van der Waals surface area contributed by atoms with Crippen LogP contribution in [0.25, 0.3) is 0 Å². The van der Waals surface area contributed by atoms with E-state index in [9.17, 15) is 9.59 Å². The number of hydrogen-bond acceptors (Lipinski definition) is 7. The number of ether oxygens (including phenoxy) is 5. The summed E-state index contributed by atoms with van der Waals surface area (Å²) in [5, 5.41) is 0. The summed E-state index contributed by atoms with van der Waals surface area (Å²) in [6, 6.07) is 4.42. The summed E-state index contributed by atoms with van der Waals surface area (Å²) >= 11 is 0. The van der Waals surface area contributed by atoms with Gasteiger partial charge in [-0.2, -0.15) is 0 Å². The second kappa shape index (κ2) is 9.24. The third-order valence-corrected chi connectivity index (χ3v) is 3.54. The molecule has 1 atom stereocenters. The summed E-state index contributed by atoms with van der Waals surface area (Å²) in [6.07, 6.45) is 2.85. The third kappa shape index (κ3) is 5.21. The fourth-order valence-corrected chi connectivity index (χ4v) is 2.34. The van der Waals surface area contributed by atoms with Crippen LogP contribution in [0.15, 0.2) is 18.2 Å². The summed E-state index contributed by atoms with van der Waals surface area (Å²) in [6.45, 7) is 1.33. The Kier molecular flexibility index (Phi) is 7.02. The lowest BCUT2D eigenvalue weighted by Crippen LogP contribution is -2.24. The number of methoxy groups -OCH3 is 2. The summed E-state index contributed by atoms with van der Waals surface area (Å²) < 4.78 is 26.0. The van der Waals surface area contributed by atoms with Crippen LogP contribution in [0.4, 0.5) is 0 Å². The minimum atomic E-state index is -0.558. The molecule has 24 heavy (non-hydrogen) atoms. The second-order valence-electron chi connectivity index (χ2n) is 5.24. The molecule has 0 aliphatic carbocycles. The minimum absolute atomic E-state index is 0.186. The lowest BCUT2D eigenvalue weighted by atomic mass is 10.1. The highest BCUT2D eigenvalue weighted by Gasteiger charge is 2.16. The van der Waals surface area contributed by atoms with Gasteiger partial charge < -0.3 is 23.7 Å². The quantitative estimate of drug-likeness (QED) is 0.557. The van der Waals surface area contributed by atoms with E-state index in [1.54, 1.807) is 0 Å². The van der Waals surface area contributed by atoms with E-state index in [0.29, 0.717) is 12.4 Å². The number of esters is 2. The highest BCUT2D eigenvalue weighted by molar-refractivity contribution is 5.96. The molecule has 0 saturated carbocycles. The molecule has 1 aliphatic heterocycles. The molecule has 1 heterocycles. The maximum absolute atomic E-state index is 11.7. The third-order valence-electron chi connectivity index (χ3n) is 3.54. The first-order valence-electron chi connectivity index (χ1n) is 7.81. The van der Waals surface area contributed by atoms with E-state index in [-0.39, 0.29) is 24.0 Å². The van der Waals surface area contributed by atoms with E-state index in [1.165, 1.54) is 32.4 Å². The van der Waals surface area contributed by atoms with Gasteiger partial charge >= 0.3 is 11.9 Å². The zero-order chi connectivity index (χ0) is 17.4. The van der Waals surface area contributed by atoms with Gasteiger partial charge in [0.05, 0.1) is 32.0 Å². The van der Waals surface area contributed by atoms with Crippen molar-refractivity contribution in [2.45, 2.75) is 25.6 Å². The Balaban J connectivity index is 1.94. The minimum Gasteiger partial charge on any atom is -0.491 e. The van der Waals surface area contributed by atoms with Gasteiger partial charge in [-0.25, -0.2) is 9.59 Å². The standard InChI is InChI=1S/C17H22O7/c1-20-16(18)12-9-13(17(19)21-2)11-14(10-12)22-7-8-24-15-5-3-4-6-23-15/h9-11,15H,3-8H2,1-2H3. The van der Waals surface area contributed by atoms with Gasteiger partial charge in [-0.15, -0.1) is 0 Å². The van der Waals surface area contributed by atoms with E-state index < -0.39 is 11.9 Å². The highest BCUT2D eigenvalue weighted by Crippen LogP contribution is 2.19. The van der Waals surface area contributed by atoms with E-state index >= 15 is 0 Å². The van der Waals surface area contributed by atoms with Gasteiger partial charge in [-0.3, -0.25) is 0 Å². The first kappa shape index (κ1) is 18.2. The lowest BCUT2D eigenvalue weighted by molar-refractivity contribution is -0.165. The van der Waals surface area contributed by atoms with Crippen LogP contribution >= 0.6 is 0 Å². The number of hydrogen-bond donors (Lipinski definition) is 0. The van der Waals surface area contributed by atoms with Crippen LogP contribution in [0.3, 0.4) is 0 Å². The average molecular weight is 338 g/mol. The van der Waals surface area contributed by atoms with Crippen LogP contribution in [-0.2, 0) is 18.9 Å². The Bertz CT molecular complexity index is 530. The molecule has 132 valence electrons. The molecule has 1 aliphatic rings. The number of carbonyl (C=O) groups is 2. The largest absolute Gasteiger partial charge is 0.491 e. The molecular weight excluding hydrogens is 316 g/mol. The van der Waals surface area contributed by atoms with Gasteiger partial charge in [0.25, 0.3) is 0 Å².